The van der Waals surface area contributed by atoms with Crippen LogP contribution in [0.4, 0.5) is 27.6 Å². The van der Waals surface area contributed by atoms with Crippen LogP contribution in [-0.2, 0) is 32.7 Å². The van der Waals surface area contributed by atoms with Crippen molar-refractivity contribution >= 4 is 47.0 Å². The van der Waals surface area contributed by atoms with Crippen molar-refractivity contribution in [3.63, 3.8) is 0 Å². The van der Waals surface area contributed by atoms with Gasteiger partial charge in [0.15, 0.2) is 5.75 Å². The second kappa shape index (κ2) is 12.1. The lowest BCUT2D eigenvalue weighted by atomic mass is 9.93. The monoisotopic (exact) mass is 636 g/mol. The molecule has 0 spiro atoms. The summed E-state index contributed by atoms with van der Waals surface area (Å²) < 4.78 is 118. The molecule has 1 aromatic heterocycles. The summed E-state index contributed by atoms with van der Waals surface area (Å²) in [5.74, 6) is 5.25. The number of halogens is 5. The smallest absolute Gasteiger partial charge is 0.393 e. The molecular weight excluding hydrogens is 611 g/mol. The van der Waals surface area contributed by atoms with E-state index < -0.39 is 49.7 Å². The lowest BCUT2D eigenvalue weighted by Gasteiger charge is -2.22. The van der Waals surface area contributed by atoms with Gasteiger partial charge >= 0.3 is 12.8 Å². The maximum atomic E-state index is 13.5. The first-order chi connectivity index (χ1) is 19.1. The number of benzene rings is 2. The highest BCUT2D eigenvalue weighted by Crippen LogP contribution is 2.38. The molecule has 222 valence electrons. The van der Waals surface area contributed by atoms with Crippen molar-refractivity contribution in [1.82, 2.24) is 0 Å². The molecule has 3 N–H and O–H groups in total. The molecule has 3 aromatic rings. The highest BCUT2D eigenvalue weighted by atomic mass is 32.2. The van der Waals surface area contributed by atoms with Gasteiger partial charge in [-0.1, -0.05) is 30.0 Å². The number of ether oxygens (including phenoxy) is 1. The highest BCUT2D eigenvalue weighted by molar-refractivity contribution is 7.91. The Kier molecular flexibility index (Phi) is 9.17. The number of nitrogens with one attached hydrogen (secondary N) is 1. The van der Waals surface area contributed by atoms with Gasteiger partial charge in [-0.25, -0.2) is 22.0 Å². The van der Waals surface area contributed by atoms with Gasteiger partial charge in [-0.15, -0.1) is 11.3 Å². The minimum atomic E-state index is -4.50. The van der Waals surface area contributed by atoms with E-state index in [9.17, 15) is 38.8 Å². The first-order valence-corrected chi connectivity index (χ1v) is 16.4. The predicted molar refractivity (Wildman–Crippen MR) is 146 cm³/mol. The molecule has 4 rings (SSSR count). The number of alkyl halides is 5. The quantitative estimate of drug-likeness (QED) is 0.263. The molecule has 1 aliphatic heterocycles. The van der Waals surface area contributed by atoms with Crippen molar-refractivity contribution in [2.24, 2.45) is 11.1 Å². The van der Waals surface area contributed by atoms with E-state index >= 15 is 0 Å². The van der Waals surface area contributed by atoms with E-state index in [4.69, 9.17) is 5.14 Å². The van der Waals surface area contributed by atoms with Crippen LogP contribution in [0.15, 0.2) is 41.3 Å². The van der Waals surface area contributed by atoms with Crippen LogP contribution in [0, 0.1) is 17.8 Å². The van der Waals surface area contributed by atoms with Crippen molar-refractivity contribution in [2.75, 3.05) is 23.4 Å². The molecule has 41 heavy (non-hydrogen) atoms. The van der Waals surface area contributed by atoms with Crippen molar-refractivity contribution in [3.05, 3.63) is 52.4 Å². The van der Waals surface area contributed by atoms with E-state index in [0.717, 1.165) is 35.1 Å². The molecular formula is C26H25F5N2O5S3. The molecule has 0 amide bonds. The molecule has 0 atom stereocenters. The number of fused-ring (bicyclic) bond motifs is 1. The Balaban J connectivity index is 1.61. The third kappa shape index (κ3) is 8.31. The average Bonchev–Trinajstić information content (AvgIpc) is 3.19. The van der Waals surface area contributed by atoms with Gasteiger partial charge in [0.2, 0.25) is 10.0 Å². The van der Waals surface area contributed by atoms with Crippen LogP contribution in [0.3, 0.4) is 0 Å². The number of sulfone groups is 1. The second-order valence-electron chi connectivity index (χ2n) is 9.53. The van der Waals surface area contributed by atoms with Crippen LogP contribution in [0.25, 0.3) is 10.1 Å². The summed E-state index contributed by atoms with van der Waals surface area (Å²) in [7, 11) is -7.24. The minimum absolute atomic E-state index is 0.0179. The molecule has 2 aromatic carbocycles. The number of nitrogens with two attached hydrogens (primary N) is 1. The van der Waals surface area contributed by atoms with Crippen molar-refractivity contribution in [1.29, 1.82) is 0 Å². The summed E-state index contributed by atoms with van der Waals surface area (Å²) in [6, 6.07) is 8.18. The molecule has 0 bridgehead atoms. The van der Waals surface area contributed by atoms with E-state index in [1.54, 1.807) is 12.1 Å². The van der Waals surface area contributed by atoms with Crippen LogP contribution in [0.5, 0.6) is 5.75 Å². The Morgan fingerprint density at radius 3 is 2.49 bits per heavy atom. The molecule has 1 aliphatic rings. The molecule has 15 heteroatoms. The fourth-order valence-electron chi connectivity index (χ4n) is 4.60. The number of thiophene rings is 1. The summed E-state index contributed by atoms with van der Waals surface area (Å²) in [4.78, 5) is -0.246. The van der Waals surface area contributed by atoms with Crippen molar-refractivity contribution < 1.29 is 43.5 Å². The average molecular weight is 637 g/mol. The van der Waals surface area contributed by atoms with Gasteiger partial charge in [-0.2, -0.15) is 22.0 Å². The highest BCUT2D eigenvalue weighted by Gasteiger charge is 2.31. The van der Waals surface area contributed by atoms with E-state index in [2.05, 4.69) is 21.9 Å². The summed E-state index contributed by atoms with van der Waals surface area (Å²) >= 11 is 1.12. The van der Waals surface area contributed by atoms with Crippen LogP contribution in [-0.4, -0.2) is 47.7 Å². The van der Waals surface area contributed by atoms with Gasteiger partial charge in [0.05, 0.1) is 39.9 Å². The van der Waals surface area contributed by atoms with Gasteiger partial charge < -0.3 is 10.1 Å². The largest absolute Gasteiger partial charge is 0.433 e. The Hall–Kier alpha value is -2.93. The fourth-order valence-corrected chi connectivity index (χ4v) is 7.94. The van der Waals surface area contributed by atoms with Gasteiger partial charge in [-0.05, 0) is 53.8 Å². The standard InChI is InChI=1S/C26H25F5N2O5S3/c27-25(28)38-22-14-18(41(32,36)37)6-7-21(22)33-10-2-5-23-20(15-26(29,30)31)19-4-1-3-17(24(19)39-23)13-16-8-11-40(34,35)12-9-16/h1,3-4,6-7,14,16,25,33H,8-13,15H2,(H2,32,36,37). The van der Waals surface area contributed by atoms with E-state index in [1.807, 2.05) is 6.07 Å². The molecule has 0 aliphatic carbocycles. The minimum Gasteiger partial charge on any atom is -0.433 e. The number of sulfonamides is 1. The van der Waals surface area contributed by atoms with E-state index in [-0.39, 0.29) is 40.1 Å². The first-order valence-electron chi connectivity index (χ1n) is 12.3. The zero-order valence-corrected chi connectivity index (χ0v) is 23.8. The Bertz CT molecular complexity index is 1690. The lowest BCUT2D eigenvalue weighted by molar-refractivity contribution is -0.127. The number of primary sulfonamides is 1. The van der Waals surface area contributed by atoms with E-state index in [1.165, 1.54) is 0 Å². The summed E-state index contributed by atoms with van der Waals surface area (Å²) in [6.07, 6.45) is -4.17. The summed E-state index contributed by atoms with van der Waals surface area (Å²) in [5, 5.41) is 8.17. The second-order valence-corrected chi connectivity index (χ2v) is 14.4. The Labute approximate surface area is 237 Å². The van der Waals surface area contributed by atoms with Crippen LogP contribution < -0.4 is 15.2 Å². The van der Waals surface area contributed by atoms with Crippen LogP contribution >= 0.6 is 11.3 Å². The molecule has 0 saturated carbocycles. The number of anilines is 1. The molecule has 0 unspecified atom stereocenters. The molecule has 1 fully saturated rings. The molecule has 7 nitrogen and oxygen atoms in total. The number of rotatable bonds is 8. The predicted octanol–water partition coefficient (Wildman–Crippen LogP) is 5.09. The van der Waals surface area contributed by atoms with Crippen molar-refractivity contribution in [3.8, 4) is 17.6 Å². The lowest BCUT2D eigenvalue weighted by Crippen LogP contribution is -2.24. The SMILES string of the molecule is NS(=O)(=O)c1ccc(NCC#Cc2sc3c(CC4CCS(=O)(=O)CC4)cccc3c2CC(F)(F)F)c(OC(F)F)c1. The zero-order valence-electron chi connectivity index (χ0n) is 21.3. The third-order valence-electron chi connectivity index (χ3n) is 6.53. The van der Waals surface area contributed by atoms with Gasteiger partial charge in [0.1, 0.15) is 9.84 Å². The van der Waals surface area contributed by atoms with Gasteiger partial charge in [-0.3, -0.25) is 0 Å². The maximum absolute atomic E-state index is 13.5. The van der Waals surface area contributed by atoms with Gasteiger partial charge in [0, 0.05) is 10.8 Å². The van der Waals surface area contributed by atoms with Crippen LogP contribution in [0.2, 0.25) is 0 Å². The molecule has 1 saturated heterocycles. The number of hydrogen-bond donors (Lipinski definition) is 2. The van der Waals surface area contributed by atoms with E-state index in [0.29, 0.717) is 29.3 Å². The van der Waals surface area contributed by atoms with Gasteiger partial charge in [0.25, 0.3) is 0 Å². The first kappa shape index (κ1) is 31.0. The molecule has 2 heterocycles. The Morgan fingerprint density at radius 1 is 1.15 bits per heavy atom. The third-order valence-corrected chi connectivity index (χ3v) is 10.4. The zero-order chi connectivity index (χ0) is 30.0. The molecule has 0 radical (unpaired) electrons. The number of hydrogen-bond acceptors (Lipinski definition) is 7. The maximum Gasteiger partial charge on any atom is 0.393 e. The Morgan fingerprint density at radius 2 is 1.85 bits per heavy atom. The van der Waals surface area contributed by atoms with Crippen molar-refractivity contribution in [2.45, 2.75) is 43.4 Å². The van der Waals surface area contributed by atoms with Crippen LogP contribution in [0.1, 0.15) is 28.8 Å². The topological polar surface area (TPSA) is 116 Å². The fraction of sp³-hybridized carbons (Fsp3) is 0.385. The normalized spacial score (nSPS) is 16.0. The summed E-state index contributed by atoms with van der Waals surface area (Å²) in [6.45, 7) is -3.44. The summed E-state index contributed by atoms with van der Waals surface area (Å²) in [5.41, 5.74) is 0.836.